The van der Waals surface area contributed by atoms with E-state index in [1.165, 1.54) is 12.8 Å². The van der Waals surface area contributed by atoms with Gasteiger partial charge in [-0.25, -0.2) is 0 Å². The predicted molar refractivity (Wildman–Crippen MR) is 70.8 cm³/mol. The lowest BCUT2D eigenvalue weighted by atomic mass is 10.1. The molecule has 1 aromatic rings. The minimum absolute atomic E-state index is 0.386. The summed E-state index contributed by atoms with van der Waals surface area (Å²) in [4.78, 5) is 7.06. The zero-order valence-corrected chi connectivity index (χ0v) is 10.3. The molecule has 4 heteroatoms. The monoisotopic (exact) mass is 235 g/mol. The molecule has 3 nitrogen and oxygen atoms in total. The van der Waals surface area contributed by atoms with Crippen LogP contribution in [0.3, 0.4) is 0 Å². The number of thiocarbonyl (C=S) groups is 1. The number of anilines is 1. The average molecular weight is 235 g/mol. The van der Waals surface area contributed by atoms with Gasteiger partial charge in [0, 0.05) is 18.8 Å². The van der Waals surface area contributed by atoms with Gasteiger partial charge in [-0.05, 0) is 31.4 Å². The second-order valence-corrected chi connectivity index (χ2v) is 4.57. The lowest BCUT2D eigenvalue weighted by molar-refractivity contribution is 0.644. The van der Waals surface area contributed by atoms with Crippen molar-refractivity contribution in [1.82, 2.24) is 4.98 Å². The molecule has 16 heavy (non-hydrogen) atoms. The van der Waals surface area contributed by atoms with Gasteiger partial charge in [0.05, 0.1) is 5.69 Å². The third-order valence-electron chi connectivity index (χ3n) is 3.18. The van der Waals surface area contributed by atoms with Crippen LogP contribution in [0.15, 0.2) is 18.3 Å². The fourth-order valence-electron chi connectivity index (χ4n) is 2.40. The van der Waals surface area contributed by atoms with Gasteiger partial charge >= 0.3 is 0 Å². The average Bonchev–Trinajstić information content (AvgIpc) is 2.76. The molecule has 0 amide bonds. The molecule has 2 heterocycles. The summed E-state index contributed by atoms with van der Waals surface area (Å²) in [6, 6.07) is 4.62. The summed E-state index contributed by atoms with van der Waals surface area (Å²) in [6.45, 7) is 3.31. The Labute approximate surface area is 102 Å². The van der Waals surface area contributed by atoms with Crippen molar-refractivity contribution in [2.75, 3.05) is 11.4 Å². The van der Waals surface area contributed by atoms with Gasteiger partial charge in [-0.15, -0.1) is 0 Å². The maximum absolute atomic E-state index is 5.71. The fourth-order valence-corrected chi connectivity index (χ4v) is 2.55. The second kappa shape index (κ2) is 4.78. The van der Waals surface area contributed by atoms with E-state index < -0.39 is 0 Å². The standard InChI is InChI=1S/C12H17N3S/c1-2-9-5-4-8-15(9)10-6-3-7-14-11(10)12(13)16/h3,6-7,9H,2,4-5,8H2,1H3,(H2,13,16). The van der Waals surface area contributed by atoms with E-state index in [9.17, 15) is 0 Å². The highest BCUT2D eigenvalue weighted by Gasteiger charge is 2.25. The highest BCUT2D eigenvalue weighted by atomic mass is 32.1. The molecule has 2 N–H and O–H groups in total. The first-order valence-electron chi connectivity index (χ1n) is 5.75. The zero-order valence-electron chi connectivity index (χ0n) is 9.52. The molecule has 0 spiro atoms. The molecule has 0 bridgehead atoms. The van der Waals surface area contributed by atoms with E-state index in [1.54, 1.807) is 6.20 Å². The number of aromatic nitrogens is 1. The predicted octanol–water partition coefficient (Wildman–Crippen LogP) is 2.09. The van der Waals surface area contributed by atoms with Gasteiger partial charge in [-0.1, -0.05) is 19.1 Å². The van der Waals surface area contributed by atoms with Crippen molar-refractivity contribution in [2.45, 2.75) is 32.2 Å². The van der Waals surface area contributed by atoms with Crippen molar-refractivity contribution in [1.29, 1.82) is 0 Å². The normalized spacial score (nSPS) is 20.1. The van der Waals surface area contributed by atoms with E-state index in [0.29, 0.717) is 11.0 Å². The van der Waals surface area contributed by atoms with Crippen LogP contribution in [0.2, 0.25) is 0 Å². The summed E-state index contributed by atoms with van der Waals surface area (Å²) >= 11 is 5.05. The number of rotatable bonds is 3. The number of hydrogen-bond donors (Lipinski definition) is 1. The van der Waals surface area contributed by atoms with Crippen LogP contribution in [0.4, 0.5) is 5.69 Å². The lowest BCUT2D eigenvalue weighted by Gasteiger charge is -2.27. The van der Waals surface area contributed by atoms with Gasteiger partial charge in [0.15, 0.2) is 0 Å². The van der Waals surface area contributed by atoms with Gasteiger partial charge in [-0.3, -0.25) is 4.98 Å². The van der Waals surface area contributed by atoms with Crippen molar-refractivity contribution < 1.29 is 0 Å². The first kappa shape index (κ1) is 11.3. The molecule has 1 saturated heterocycles. The Bertz CT molecular complexity index is 392. The largest absolute Gasteiger partial charge is 0.388 e. The van der Waals surface area contributed by atoms with Crippen molar-refractivity contribution in [3.8, 4) is 0 Å². The van der Waals surface area contributed by atoms with Crippen LogP contribution >= 0.6 is 12.2 Å². The molecule has 1 aliphatic rings. The molecule has 2 rings (SSSR count). The summed E-state index contributed by atoms with van der Waals surface area (Å²) in [5.74, 6) is 0. The number of pyridine rings is 1. The summed E-state index contributed by atoms with van der Waals surface area (Å²) in [7, 11) is 0. The highest BCUT2D eigenvalue weighted by Crippen LogP contribution is 2.28. The van der Waals surface area contributed by atoms with E-state index >= 15 is 0 Å². The molecule has 1 fully saturated rings. The highest BCUT2D eigenvalue weighted by molar-refractivity contribution is 7.80. The third kappa shape index (κ3) is 2.02. The Morgan fingerprint density at radius 1 is 1.69 bits per heavy atom. The summed E-state index contributed by atoms with van der Waals surface area (Å²) in [5, 5.41) is 0. The van der Waals surface area contributed by atoms with Crippen molar-refractivity contribution in [2.24, 2.45) is 5.73 Å². The van der Waals surface area contributed by atoms with E-state index in [2.05, 4.69) is 22.9 Å². The minimum Gasteiger partial charge on any atom is -0.388 e. The molecule has 0 radical (unpaired) electrons. The molecule has 0 saturated carbocycles. The first-order chi connectivity index (χ1) is 7.74. The molecule has 1 aliphatic heterocycles. The van der Waals surface area contributed by atoms with E-state index in [4.69, 9.17) is 18.0 Å². The van der Waals surface area contributed by atoms with Gasteiger partial charge in [0.2, 0.25) is 0 Å². The Balaban J connectivity index is 2.35. The molecular formula is C12H17N3S. The summed E-state index contributed by atoms with van der Waals surface area (Å²) in [5.41, 5.74) is 7.57. The molecule has 1 atom stereocenters. The molecule has 0 aliphatic carbocycles. The molecule has 0 aromatic carbocycles. The molecule has 1 aromatic heterocycles. The van der Waals surface area contributed by atoms with Crippen LogP contribution in [0.25, 0.3) is 0 Å². The molecule has 86 valence electrons. The Morgan fingerprint density at radius 2 is 2.50 bits per heavy atom. The number of nitrogens with zero attached hydrogens (tertiary/aromatic N) is 2. The van der Waals surface area contributed by atoms with Crippen LogP contribution in [-0.4, -0.2) is 22.6 Å². The Hall–Kier alpha value is -1.16. The van der Waals surface area contributed by atoms with Gasteiger partial charge in [-0.2, -0.15) is 0 Å². The quantitative estimate of drug-likeness (QED) is 0.815. The van der Waals surface area contributed by atoms with Gasteiger partial charge in [0.1, 0.15) is 10.7 Å². The van der Waals surface area contributed by atoms with Crippen LogP contribution in [0, 0.1) is 0 Å². The Morgan fingerprint density at radius 3 is 3.19 bits per heavy atom. The summed E-state index contributed by atoms with van der Waals surface area (Å²) in [6.07, 6.45) is 5.40. The third-order valence-corrected chi connectivity index (χ3v) is 3.37. The molecule has 1 unspecified atom stereocenters. The topological polar surface area (TPSA) is 42.2 Å². The SMILES string of the molecule is CCC1CCCN1c1cccnc1C(N)=S. The van der Waals surface area contributed by atoms with Crippen molar-refractivity contribution in [3.05, 3.63) is 24.0 Å². The maximum Gasteiger partial charge on any atom is 0.124 e. The van der Waals surface area contributed by atoms with Crippen LogP contribution in [-0.2, 0) is 0 Å². The van der Waals surface area contributed by atoms with Crippen molar-refractivity contribution in [3.63, 3.8) is 0 Å². The Kier molecular flexibility index (Phi) is 3.39. The summed E-state index contributed by atoms with van der Waals surface area (Å²) < 4.78 is 0. The van der Waals surface area contributed by atoms with E-state index in [-0.39, 0.29) is 0 Å². The van der Waals surface area contributed by atoms with Crippen molar-refractivity contribution >= 4 is 22.9 Å². The lowest BCUT2D eigenvalue weighted by Crippen LogP contribution is -2.31. The van der Waals surface area contributed by atoms with Gasteiger partial charge < -0.3 is 10.6 Å². The first-order valence-corrected chi connectivity index (χ1v) is 6.16. The zero-order chi connectivity index (χ0) is 11.5. The van der Waals surface area contributed by atoms with Crippen LogP contribution < -0.4 is 10.6 Å². The second-order valence-electron chi connectivity index (χ2n) is 4.13. The van der Waals surface area contributed by atoms with E-state index in [0.717, 1.165) is 24.3 Å². The fraction of sp³-hybridized carbons (Fsp3) is 0.500. The number of nitrogens with two attached hydrogens (primary N) is 1. The maximum atomic E-state index is 5.71. The smallest absolute Gasteiger partial charge is 0.124 e. The number of hydrogen-bond acceptors (Lipinski definition) is 3. The van der Waals surface area contributed by atoms with Gasteiger partial charge in [0.25, 0.3) is 0 Å². The van der Waals surface area contributed by atoms with Crippen LogP contribution in [0.1, 0.15) is 31.9 Å². The van der Waals surface area contributed by atoms with Crippen LogP contribution in [0.5, 0.6) is 0 Å². The molecular weight excluding hydrogens is 218 g/mol. The van der Waals surface area contributed by atoms with E-state index in [1.807, 2.05) is 6.07 Å². The minimum atomic E-state index is 0.386.